The van der Waals surface area contributed by atoms with Gasteiger partial charge in [0.1, 0.15) is 35.8 Å². The Bertz CT molecular complexity index is 1350. The average Bonchev–Trinajstić information content (AvgIpc) is 3.15. The summed E-state index contributed by atoms with van der Waals surface area (Å²) >= 11 is 0. The van der Waals surface area contributed by atoms with Crippen molar-refractivity contribution in [2.75, 3.05) is 6.61 Å². The molecule has 0 unspecified atom stereocenters. The number of allylic oxidation sites excluding steroid dienone is 1. The molecule has 0 spiro atoms. The van der Waals surface area contributed by atoms with E-state index >= 15 is 0 Å². The number of Topliss-reactive ketones (excluding diaryl/α,β-unsaturated/α-hetero) is 2. The number of ether oxygens (including phenoxy) is 2. The molecule has 4 fully saturated rings. The summed E-state index contributed by atoms with van der Waals surface area (Å²) in [6.45, 7) is 15.4. The molecule has 1 aliphatic heterocycles. The van der Waals surface area contributed by atoms with E-state index in [0.717, 1.165) is 5.57 Å². The summed E-state index contributed by atoms with van der Waals surface area (Å²) in [6.07, 6.45) is -7.59. The Hall–Kier alpha value is -1.32. The minimum Gasteiger partial charge on any atom is -0.394 e. The number of hydrogen-bond donors (Lipinski definition) is 8. The number of rotatable bonds is 8. The number of hydrogen-bond acceptors (Lipinski definition) is 12. The molecule has 0 aromatic rings. The fourth-order valence-electron chi connectivity index (χ4n) is 11.2. The van der Waals surface area contributed by atoms with Gasteiger partial charge in [0.2, 0.25) is 0 Å². The highest BCUT2D eigenvalue weighted by molar-refractivity contribution is 5.91. The third kappa shape index (κ3) is 5.29. The summed E-state index contributed by atoms with van der Waals surface area (Å²) in [5.74, 6) is -1.26. The summed E-state index contributed by atoms with van der Waals surface area (Å²) in [4.78, 5) is 28.5. The third-order valence-electron chi connectivity index (χ3n) is 14.9. The molecular weight excluding hydrogens is 636 g/mol. The standard InChI is InChI=1S/C37H60O12/c1-31(2,46)13-12-23(40)37(9,47)36(8)25(42)15-33(5)22-11-10-18-19(35(22,7)24(41)16-34(33,36)6)14-20(39)29(32(18,3)4)49-30-28(45)27(44)26(43)21(17-38)48-30/h10,19-22,25-30,38-39,42-47H,11-17H2,1-9H3/t19-,20+,21-,22+,25+,26-,27+,28-,29-,30+,33+,34+,35+,36+,37+/m1/s1. The van der Waals surface area contributed by atoms with E-state index in [1.807, 2.05) is 27.7 Å². The molecule has 4 aliphatic carbocycles. The maximum absolute atomic E-state index is 14.8. The SMILES string of the molecule is CC(C)(O)CCC(=O)[C@](C)(O)[C@@]1(C)[C@@H](O)C[C@@]2(C)[C@@H]3CC=C4[C@@H](C[C@H](O)[C@@H](O[C@@H]5O[C@H](CO)[C@@H](O)[C@H](O)[C@H]5O)C4(C)C)[C@]3(C)C(=O)C[C@]12C. The first-order valence-electron chi connectivity index (χ1n) is 17.8. The maximum atomic E-state index is 14.8. The zero-order valence-corrected chi connectivity index (χ0v) is 30.5. The molecule has 5 rings (SSSR count). The Labute approximate surface area is 289 Å². The van der Waals surface area contributed by atoms with E-state index in [2.05, 4.69) is 13.0 Å². The van der Waals surface area contributed by atoms with Crippen LogP contribution in [-0.2, 0) is 19.1 Å². The highest BCUT2D eigenvalue weighted by atomic mass is 16.7. The minimum absolute atomic E-state index is 0.00405. The van der Waals surface area contributed by atoms with Crippen LogP contribution < -0.4 is 0 Å². The number of ketones is 2. The number of carbonyl (C=O) groups is 2. The van der Waals surface area contributed by atoms with Crippen LogP contribution in [0.3, 0.4) is 0 Å². The van der Waals surface area contributed by atoms with Gasteiger partial charge in [0, 0.05) is 29.1 Å². The molecule has 0 amide bonds. The Morgan fingerprint density at radius 2 is 1.59 bits per heavy atom. The first-order valence-corrected chi connectivity index (χ1v) is 17.8. The predicted octanol–water partition coefficient (Wildman–Crippen LogP) is 1.16. The molecule has 49 heavy (non-hydrogen) atoms. The summed E-state index contributed by atoms with van der Waals surface area (Å²) in [7, 11) is 0. The van der Waals surface area contributed by atoms with Crippen molar-refractivity contribution in [2.45, 2.75) is 161 Å². The van der Waals surface area contributed by atoms with Gasteiger partial charge in [-0.3, -0.25) is 9.59 Å². The highest BCUT2D eigenvalue weighted by Gasteiger charge is 2.79. The lowest BCUT2D eigenvalue weighted by molar-refractivity contribution is -0.327. The second kappa shape index (κ2) is 12.1. The van der Waals surface area contributed by atoms with Gasteiger partial charge in [-0.05, 0) is 69.1 Å². The second-order valence-electron chi connectivity index (χ2n) is 18.1. The Morgan fingerprint density at radius 3 is 2.16 bits per heavy atom. The first kappa shape index (κ1) is 38.9. The van der Waals surface area contributed by atoms with Gasteiger partial charge in [-0.15, -0.1) is 0 Å². The van der Waals surface area contributed by atoms with E-state index in [0.29, 0.717) is 6.42 Å². The van der Waals surface area contributed by atoms with Gasteiger partial charge < -0.3 is 50.3 Å². The van der Waals surface area contributed by atoms with Crippen LogP contribution in [0.25, 0.3) is 0 Å². The molecule has 280 valence electrons. The summed E-state index contributed by atoms with van der Waals surface area (Å²) in [6, 6.07) is 0. The average molecular weight is 697 g/mol. The largest absolute Gasteiger partial charge is 0.394 e. The van der Waals surface area contributed by atoms with Crippen molar-refractivity contribution in [3.8, 4) is 0 Å². The molecule has 15 atom stereocenters. The van der Waals surface area contributed by atoms with Crippen LogP contribution in [0.15, 0.2) is 11.6 Å². The maximum Gasteiger partial charge on any atom is 0.187 e. The highest BCUT2D eigenvalue weighted by Crippen LogP contribution is 2.77. The first-order chi connectivity index (χ1) is 22.3. The summed E-state index contributed by atoms with van der Waals surface area (Å²) < 4.78 is 11.8. The lowest BCUT2D eigenvalue weighted by Gasteiger charge is -2.67. The van der Waals surface area contributed by atoms with Crippen molar-refractivity contribution in [1.29, 1.82) is 0 Å². The molecule has 3 saturated carbocycles. The molecule has 1 saturated heterocycles. The molecule has 0 bridgehead atoms. The molecular formula is C37H60O12. The summed E-state index contributed by atoms with van der Waals surface area (Å²) in [5, 5.41) is 86.9. The van der Waals surface area contributed by atoms with Crippen LogP contribution in [0, 0.1) is 38.9 Å². The molecule has 12 nitrogen and oxygen atoms in total. The van der Waals surface area contributed by atoms with E-state index in [1.54, 1.807) is 20.8 Å². The molecule has 0 radical (unpaired) electrons. The van der Waals surface area contributed by atoms with Crippen LogP contribution in [0.2, 0.25) is 0 Å². The van der Waals surface area contributed by atoms with E-state index in [-0.39, 0.29) is 43.8 Å². The fraction of sp³-hybridized carbons (Fsp3) is 0.892. The lowest BCUT2D eigenvalue weighted by atomic mass is 9.36. The smallest absolute Gasteiger partial charge is 0.187 e. The molecule has 0 aromatic carbocycles. The molecule has 12 heteroatoms. The predicted molar refractivity (Wildman–Crippen MR) is 177 cm³/mol. The fourth-order valence-corrected chi connectivity index (χ4v) is 11.2. The number of carbonyl (C=O) groups excluding carboxylic acids is 2. The van der Waals surface area contributed by atoms with E-state index in [1.165, 1.54) is 6.92 Å². The van der Waals surface area contributed by atoms with E-state index < -0.39 is 106 Å². The second-order valence-corrected chi connectivity index (χ2v) is 18.1. The lowest BCUT2D eigenvalue weighted by Crippen LogP contribution is -2.69. The van der Waals surface area contributed by atoms with Gasteiger partial charge in [-0.1, -0.05) is 53.2 Å². The number of fused-ring (bicyclic) bond motifs is 5. The molecule has 1 heterocycles. The topological polar surface area (TPSA) is 214 Å². The van der Waals surface area contributed by atoms with Gasteiger partial charge in [-0.2, -0.15) is 0 Å². The van der Waals surface area contributed by atoms with Crippen molar-refractivity contribution in [3.63, 3.8) is 0 Å². The van der Waals surface area contributed by atoms with Crippen molar-refractivity contribution >= 4 is 11.6 Å². The van der Waals surface area contributed by atoms with Crippen molar-refractivity contribution < 1.29 is 59.9 Å². The molecule has 0 aromatic heterocycles. The number of aliphatic hydroxyl groups is 8. The third-order valence-corrected chi connectivity index (χ3v) is 14.9. The minimum atomic E-state index is -1.99. The van der Waals surface area contributed by atoms with Gasteiger partial charge in [0.25, 0.3) is 0 Å². The van der Waals surface area contributed by atoms with Crippen LogP contribution in [0.4, 0.5) is 0 Å². The van der Waals surface area contributed by atoms with Gasteiger partial charge in [0.15, 0.2) is 12.1 Å². The van der Waals surface area contributed by atoms with E-state index in [9.17, 15) is 50.4 Å². The quantitative estimate of drug-likeness (QED) is 0.168. The van der Waals surface area contributed by atoms with Gasteiger partial charge in [-0.25, -0.2) is 0 Å². The van der Waals surface area contributed by atoms with Crippen LogP contribution in [0.5, 0.6) is 0 Å². The van der Waals surface area contributed by atoms with Gasteiger partial charge in [0.05, 0.1) is 30.5 Å². The van der Waals surface area contributed by atoms with Crippen molar-refractivity contribution in [3.05, 3.63) is 11.6 Å². The Balaban J connectivity index is 1.49. The monoisotopic (exact) mass is 696 g/mol. The van der Waals surface area contributed by atoms with Crippen LogP contribution in [-0.4, -0.2) is 119 Å². The molecule has 5 aliphatic rings. The normalized spacial score (nSPS) is 49.3. The Morgan fingerprint density at radius 1 is 0.980 bits per heavy atom. The van der Waals surface area contributed by atoms with Gasteiger partial charge >= 0.3 is 0 Å². The van der Waals surface area contributed by atoms with E-state index in [4.69, 9.17) is 9.47 Å². The Kier molecular flexibility index (Phi) is 9.61. The van der Waals surface area contributed by atoms with Crippen LogP contribution in [0.1, 0.15) is 101 Å². The van der Waals surface area contributed by atoms with Crippen LogP contribution >= 0.6 is 0 Å². The van der Waals surface area contributed by atoms with Crippen molar-refractivity contribution in [2.24, 2.45) is 38.9 Å². The number of aliphatic hydroxyl groups excluding tert-OH is 6. The zero-order chi connectivity index (χ0) is 37.1. The zero-order valence-electron chi connectivity index (χ0n) is 30.5. The van der Waals surface area contributed by atoms with Crippen molar-refractivity contribution in [1.82, 2.24) is 0 Å². The summed E-state index contributed by atoms with van der Waals surface area (Å²) in [5.41, 5.74) is -7.13. The molecule has 8 N–H and O–H groups in total.